The first kappa shape index (κ1) is 12.1. The van der Waals surface area contributed by atoms with Gasteiger partial charge in [-0.15, -0.1) is 0 Å². The average Bonchev–Trinajstić information content (AvgIpc) is 1.99. The molecule has 0 unspecified atom stereocenters. The molecule has 0 fully saturated rings. The van der Waals surface area contributed by atoms with Crippen LogP contribution in [0.25, 0.3) is 0 Å². The number of hydrogen-bond donors (Lipinski definition) is 1. The van der Waals surface area contributed by atoms with E-state index in [0.717, 1.165) is 6.07 Å². The van der Waals surface area contributed by atoms with Crippen LogP contribution < -0.4 is 5.73 Å². The lowest BCUT2D eigenvalue weighted by Crippen LogP contribution is -2.19. The molecule has 1 nitrogen and oxygen atoms in total. The summed E-state index contributed by atoms with van der Waals surface area (Å²) in [6.07, 6.45) is 0.662. The van der Waals surface area contributed by atoms with E-state index in [0.29, 0.717) is 12.0 Å². The quantitative estimate of drug-likeness (QED) is 0.800. The topological polar surface area (TPSA) is 26.0 Å². The molecule has 0 aliphatic rings. The zero-order valence-electron chi connectivity index (χ0n) is 9.35. The molecule has 0 aliphatic heterocycles. The van der Waals surface area contributed by atoms with Gasteiger partial charge in [-0.3, -0.25) is 0 Å². The summed E-state index contributed by atoms with van der Waals surface area (Å²) in [5.74, 6) is -1.13. The van der Waals surface area contributed by atoms with Crippen molar-refractivity contribution in [1.82, 2.24) is 0 Å². The van der Waals surface area contributed by atoms with Crippen LogP contribution in [-0.4, -0.2) is 0 Å². The van der Waals surface area contributed by atoms with E-state index in [-0.39, 0.29) is 11.5 Å². The Hall–Kier alpha value is -0.960. The van der Waals surface area contributed by atoms with Gasteiger partial charge in [-0.2, -0.15) is 0 Å². The fraction of sp³-hybridized carbons (Fsp3) is 0.500. The number of halogens is 2. The van der Waals surface area contributed by atoms with Gasteiger partial charge >= 0.3 is 0 Å². The maximum Gasteiger partial charge on any atom is 0.130 e. The number of hydrogen-bond acceptors (Lipinski definition) is 1. The van der Waals surface area contributed by atoms with E-state index in [1.165, 1.54) is 12.1 Å². The van der Waals surface area contributed by atoms with Crippen LogP contribution >= 0.6 is 0 Å². The van der Waals surface area contributed by atoms with Gasteiger partial charge in [0.1, 0.15) is 11.6 Å². The number of benzene rings is 1. The van der Waals surface area contributed by atoms with Crippen molar-refractivity contribution in [3.63, 3.8) is 0 Å². The molecule has 0 saturated carbocycles. The molecule has 1 atom stereocenters. The van der Waals surface area contributed by atoms with Crippen molar-refractivity contribution in [2.24, 2.45) is 11.1 Å². The summed E-state index contributed by atoms with van der Waals surface area (Å²) in [6.45, 7) is 6.11. The molecule has 15 heavy (non-hydrogen) atoms. The van der Waals surface area contributed by atoms with Crippen molar-refractivity contribution in [1.29, 1.82) is 0 Å². The standard InChI is InChI=1S/C12H17F2N/c1-12(2,3)7-11(15)9-5-4-8(13)6-10(9)14/h4-6,11H,7,15H2,1-3H3/t11-/m1/s1. The Morgan fingerprint density at radius 3 is 2.33 bits per heavy atom. The number of nitrogens with two attached hydrogens (primary N) is 1. The second kappa shape index (κ2) is 4.27. The highest BCUT2D eigenvalue weighted by atomic mass is 19.1. The van der Waals surface area contributed by atoms with Gasteiger partial charge in [0.2, 0.25) is 0 Å². The van der Waals surface area contributed by atoms with E-state index >= 15 is 0 Å². The van der Waals surface area contributed by atoms with Crippen molar-refractivity contribution in [3.05, 3.63) is 35.4 Å². The number of rotatable bonds is 2. The molecule has 84 valence electrons. The van der Waals surface area contributed by atoms with Crippen LogP contribution in [0.5, 0.6) is 0 Å². The maximum absolute atomic E-state index is 13.4. The average molecular weight is 213 g/mol. The summed E-state index contributed by atoms with van der Waals surface area (Å²) in [5.41, 5.74) is 6.28. The first-order valence-corrected chi connectivity index (χ1v) is 5.00. The van der Waals surface area contributed by atoms with Crippen LogP contribution in [0.1, 0.15) is 38.8 Å². The molecule has 3 heteroatoms. The maximum atomic E-state index is 13.4. The Labute approximate surface area is 89.3 Å². The second-order valence-corrected chi connectivity index (χ2v) is 5.04. The monoisotopic (exact) mass is 213 g/mol. The fourth-order valence-corrected chi connectivity index (χ4v) is 1.57. The van der Waals surface area contributed by atoms with Crippen molar-refractivity contribution in [2.45, 2.75) is 33.2 Å². The van der Waals surface area contributed by atoms with Gasteiger partial charge in [0.15, 0.2) is 0 Å². The molecule has 1 aromatic carbocycles. The molecule has 0 aromatic heterocycles. The lowest BCUT2D eigenvalue weighted by molar-refractivity contribution is 0.338. The molecule has 0 spiro atoms. The van der Waals surface area contributed by atoms with Crippen LogP contribution in [-0.2, 0) is 0 Å². The molecular formula is C12H17F2N. The van der Waals surface area contributed by atoms with Gasteiger partial charge < -0.3 is 5.73 Å². The van der Waals surface area contributed by atoms with E-state index in [1.54, 1.807) is 0 Å². The molecule has 0 radical (unpaired) electrons. The molecule has 0 saturated heterocycles. The predicted octanol–water partition coefficient (Wildman–Crippen LogP) is 3.40. The highest BCUT2D eigenvalue weighted by Crippen LogP contribution is 2.28. The minimum atomic E-state index is -0.570. The summed E-state index contributed by atoms with van der Waals surface area (Å²) in [5, 5.41) is 0. The van der Waals surface area contributed by atoms with Crippen molar-refractivity contribution in [2.75, 3.05) is 0 Å². The van der Waals surface area contributed by atoms with E-state index in [9.17, 15) is 8.78 Å². The minimum absolute atomic E-state index is 0.0280. The Bertz CT molecular complexity index is 342. The van der Waals surface area contributed by atoms with Crippen LogP contribution in [0.15, 0.2) is 18.2 Å². The van der Waals surface area contributed by atoms with Gasteiger partial charge in [-0.05, 0) is 17.9 Å². The summed E-state index contributed by atoms with van der Waals surface area (Å²) in [6, 6.07) is 3.14. The first-order chi connectivity index (χ1) is 6.79. The smallest absolute Gasteiger partial charge is 0.130 e. The van der Waals surface area contributed by atoms with E-state index in [4.69, 9.17) is 5.73 Å². The summed E-state index contributed by atoms with van der Waals surface area (Å²) in [4.78, 5) is 0. The normalized spacial score (nSPS) is 14.0. The zero-order valence-corrected chi connectivity index (χ0v) is 9.35. The summed E-state index contributed by atoms with van der Waals surface area (Å²) < 4.78 is 26.0. The van der Waals surface area contributed by atoms with Gasteiger partial charge in [0, 0.05) is 17.7 Å². The predicted molar refractivity (Wildman–Crippen MR) is 57.4 cm³/mol. The molecule has 1 rings (SSSR count). The Morgan fingerprint density at radius 1 is 1.27 bits per heavy atom. The highest BCUT2D eigenvalue weighted by Gasteiger charge is 2.19. The van der Waals surface area contributed by atoms with Crippen molar-refractivity contribution >= 4 is 0 Å². The lowest BCUT2D eigenvalue weighted by atomic mass is 9.86. The largest absolute Gasteiger partial charge is 0.324 e. The lowest BCUT2D eigenvalue weighted by Gasteiger charge is -2.23. The fourth-order valence-electron chi connectivity index (χ4n) is 1.57. The Morgan fingerprint density at radius 2 is 1.87 bits per heavy atom. The third-order valence-electron chi connectivity index (χ3n) is 2.19. The van der Waals surface area contributed by atoms with E-state index < -0.39 is 11.6 Å². The van der Waals surface area contributed by atoms with Crippen molar-refractivity contribution in [3.8, 4) is 0 Å². The third kappa shape index (κ3) is 3.59. The van der Waals surface area contributed by atoms with Gasteiger partial charge in [-0.25, -0.2) is 8.78 Å². The highest BCUT2D eigenvalue weighted by molar-refractivity contribution is 5.22. The van der Waals surface area contributed by atoms with E-state index in [2.05, 4.69) is 0 Å². The summed E-state index contributed by atoms with van der Waals surface area (Å²) in [7, 11) is 0. The molecule has 0 bridgehead atoms. The van der Waals surface area contributed by atoms with Gasteiger partial charge in [0.05, 0.1) is 0 Å². The molecular weight excluding hydrogens is 196 g/mol. The molecule has 1 aromatic rings. The van der Waals surface area contributed by atoms with Crippen LogP contribution in [0.3, 0.4) is 0 Å². The van der Waals surface area contributed by atoms with Crippen LogP contribution in [0, 0.1) is 17.0 Å². The Kier molecular flexibility index (Phi) is 3.45. The van der Waals surface area contributed by atoms with Crippen LogP contribution in [0.4, 0.5) is 8.78 Å². The van der Waals surface area contributed by atoms with Gasteiger partial charge in [0.25, 0.3) is 0 Å². The molecule has 0 heterocycles. The minimum Gasteiger partial charge on any atom is -0.324 e. The molecule has 0 aliphatic carbocycles. The first-order valence-electron chi connectivity index (χ1n) is 5.00. The zero-order chi connectivity index (χ0) is 11.6. The summed E-state index contributed by atoms with van der Waals surface area (Å²) >= 11 is 0. The van der Waals surface area contributed by atoms with Gasteiger partial charge in [-0.1, -0.05) is 26.8 Å². The van der Waals surface area contributed by atoms with Crippen LogP contribution in [0.2, 0.25) is 0 Å². The molecule has 0 amide bonds. The molecule has 2 N–H and O–H groups in total. The Balaban J connectivity index is 2.87. The second-order valence-electron chi connectivity index (χ2n) is 5.04. The third-order valence-corrected chi connectivity index (χ3v) is 2.19. The SMILES string of the molecule is CC(C)(C)C[C@@H](N)c1ccc(F)cc1F. The van der Waals surface area contributed by atoms with Crippen molar-refractivity contribution < 1.29 is 8.78 Å². The van der Waals surface area contributed by atoms with E-state index in [1.807, 2.05) is 20.8 Å².